The summed E-state index contributed by atoms with van der Waals surface area (Å²) in [5, 5.41) is 10.1. The van der Waals surface area contributed by atoms with Crippen molar-refractivity contribution in [3.05, 3.63) is 0 Å². The van der Waals surface area contributed by atoms with E-state index in [0.29, 0.717) is 12.5 Å². The van der Waals surface area contributed by atoms with Crippen LogP contribution in [0.15, 0.2) is 0 Å². The number of terminal acetylenes is 1. The zero-order chi connectivity index (χ0) is 9.73. The highest BCUT2D eigenvalue weighted by Crippen LogP contribution is 2.29. The summed E-state index contributed by atoms with van der Waals surface area (Å²) in [5.74, 6) is 2.89. The van der Waals surface area contributed by atoms with Gasteiger partial charge < -0.3 is 9.84 Å². The van der Waals surface area contributed by atoms with Crippen molar-refractivity contribution < 1.29 is 9.84 Å². The van der Waals surface area contributed by atoms with Crippen molar-refractivity contribution in [1.82, 2.24) is 0 Å². The van der Waals surface area contributed by atoms with E-state index in [9.17, 15) is 5.11 Å². The first-order valence-corrected chi connectivity index (χ1v) is 4.90. The van der Waals surface area contributed by atoms with E-state index in [4.69, 9.17) is 11.2 Å². The van der Waals surface area contributed by atoms with Crippen molar-refractivity contribution in [3.8, 4) is 12.3 Å². The predicted molar refractivity (Wildman–Crippen MR) is 52.2 cm³/mol. The molecule has 1 N–H and O–H groups in total. The minimum absolute atomic E-state index is 0.297. The Bertz CT molecular complexity index is 185. The van der Waals surface area contributed by atoms with Crippen LogP contribution in [0.5, 0.6) is 0 Å². The summed E-state index contributed by atoms with van der Waals surface area (Å²) in [5.41, 5.74) is -0.590. The molecule has 0 amide bonds. The molecule has 0 aromatic rings. The lowest BCUT2D eigenvalue weighted by atomic mass is 9.84. The Labute approximate surface area is 80.3 Å². The summed E-state index contributed by atoms with van der Waals surface area (Å²) in [7, 11) is 0. The van der Waals surface area contributed by atoms with Gasteiger partial charge in [0.25, 0.3) is 0 Å². The predicted octanol–water partition coefficient (Wildman–Crippen LogP) is 1.58. The molecule has 2 nitrogen and oxygen atoms in total. The second kappa shape index (κ2) is 4.64. The van der Waals surface area contributed by atoms with Gasteiger partial charge in [0.1, 0.15) is 0 Å². The molecule has 0 aromatic carbocycles. The summed E-state index contributed by atoms with van der Waals surface area (Å²) < 4.78 is 5.25. The first-order valence-electron chi connectivity index (χ1n) is 4.90. The number of hydrogen-bond donors (Lipinski definition) is 1. The number of unbranched alkanes of at least 4 members (excludes halogenated alkanes) is 1. The topological polar surface area (TPSA) is 29.5 Å². The van der Waals surface area contributed by atoms with Crippen LogP contribution in [-0.4, -0.2) is 23.9 Å². The first kappa shape index (κ1) is 10.6. The third-order valence-corrected chi connectivity index (χ3v) is 2.81. The minimum atomic E-state index is -0.590. The van der Waals surface area contributed by atoms with E-state index in [2.05, 4.69) is 5.92 Å². The largest absolute Gasteiger partial charge is 0.390 e. The van der Waals surface area contributed by atoms with E-state index in [-0.39, 0.29) is 0 Å². The monoisotopic (exact) mass is 182 g/mol. The van der Waals surface area contributed by atoms with E-state index in [1.54, 1.807) is 0 Å². The van der Waals surface area contributed by atoms with Crippen LogP contribution in [0.3, 0.4) is 0 Å². The fraction of sp³-hybridized carbons (Fsp3) is 0.818. The van der Waals surface area contributed by atoms with Gasteiger partial charge in [-0.3, -0.25) is 0 Å². The van der Waals surface area contributed by atoms with Crippen molar-refractivity contribution in [2.75, 3.05) is 13.2 Å². The van der Waals surface area contributed by atoms with E-state index >= 15 is 0 Å². The van der Waals surface area contributed by atoms with Gasteiger partial charge in [-0.2, -0.15) is 0 Å². The highest BCUT2D eigenvalue weighted by Gasteiger charge is 2.33. The van der Waals surface area contributed by atoms with Crippen molar-refractivity contribution in [1.29, 1.82) is 0 Å². The summed E-state index contributed by atoms with van der Waals surface area (Å²) in [4.78, 5) is 0. The van der Waals surface area contributed by atoms with Gasteiger partial charge in [0.2, 0.25) is 0 Å². The highest BCUT2D eigenvalue weighted by molar-refractivity contribution is 4.88. The van der Waals surface area contributed by atoms with Crippen molar-refractivity contribution in [3.63, 3.8) is 0 Å². The molecule has 1 saturated heterocycles. The molecule has 1 rings (SSSR count). The summed E-state index contributed by atoms with van der Waals surface area (Å²) in [6.07, 6.45) is 8.57. The molecule has 2 heteroatoms. The standard InChI is InChI=1S/C11H18O2/c1-3-4-5-7-11(2,12)10-6-8-13-9-10/h1,10,12H,4-9H2,2H3. The fourth-order valence-electron chi connectivity index (χ4n) is 1.78. The molecule has 1 aliphatic heterocycles. The zero-order valence-electron chi connectivity index (χ0n) is 8.25. The van der Waals surface area contributed by atoms with E-state index in [1.165, 1.54) is 0 Å². The van der Waals surface area contributed by atoms with Gasteiger partial charge in [-0.15, -0.1) is 12.3 Å². The van der Waals surface area contributed by atoms with E-state index in [0.717, 1.165) is 32.3 Å². The minimum Gasteiger partial charge on any atom is -0.390 e. The maximum absolute atomic E-state index is 10.1. The lowest BCUT2D eigenvalue weighted by Crippen LogP contribution is -2.34. The highest BCUT2D eigenvalue weighted by atomic mass is 16.5. The summed E-state index contributed by atoms with van der Waals surface area (Å²) >= 11 is 0. The molecule has 13 heavy (non-hydrogen) atoms. The smallest absolute Gasteiger partial charge is 0.0671 e. The van der Waals surface area contributed by atoms with E-state index in [1.807, 2.05) is 6.92 Å². The number of aliphatic hydroxyl groups is 1. The van der Waals surface area contributed by atoms with Crippen LogP contribution in [0.25, 0.3) is 0 Å². The Morgan fingerprint density at radius 2 is 2.46 bits per heavy atom. The Morgan fingerprint density at radius 3 is 3.00 bits per heavy atom. The van der Waals surface area contributed by atoms with Crippen LogP contribution in [0, 0.1) is 18.3 Å². The quantitative estimate of drug-likeness (QED) is 0.528. The van der Waals surface area contributed by atoms with E-state index < -0.39 is 5.60 Å². The number of rotatable bonds is 4. The Morgan fingerprint density at radius 1 is 1.69 bits per heavy atom. The molecular formula is C11H18O2. The Hall–Kier alpha value is -0.520. The fourth-order valence-corrected chi connectivity index (χ4v) is 1.78. The third-order valence-electron chi connectivity index (χ3n) is 2.81. The van der Waals surface area contributed by atoms with Crippen molar-refractivity contribution >= 4 is 0 Å². The van der Waals surface area contributed by atoms with Gasteiger partial charge >= 0.3 is 0 Å². The normalized spacial score (nSPS) is 26.7. The van der Waals surface area contributed by atoms with Gasteiger partial charge in [0.05, 0.1) is 12.2 Å². The third kappa shape index (κ3) is 3.02. The zero-order valence-corrected chi connectivity index (χ0v) is 8.25. The summed E-state index contributed by atoms with van der Waals surface area (Å²) in [6, 6.07) is 0. The molecule has 0 saturated carbocycles. The Balaban J connectivity index is 2.31. The maximum Gasteiger partial charge on any atom is 0.0671 e. The van der Waals surface area contributed by atoms with Crippen LogP contribution < -0.4 is 0 Å². The van der Waals surface area contributed by atoms with Crippen LogP contribution in [0.2, 0.25) is 0 Å². The maximum atomic E-state index is 10.1. The molecule has 0 spiro atoms. The van der Waals surface area contributed by atoms with Gasteiger partial charge in [-0.05, 0) is 26.2 Å². The van der Waals surface area contributed by atoms with Crippen LogP contribution in [0.1, 0.15) is 32.6 Å². The lowest BCUT2D eigenvalue weighted by Gasteiger charge is -2.28. The molecule has 0 bridgehead atoms. The van der Waals surface area contributed by atoms with Gasteiger partial charge in [-0.1, -0.05) is 0 Å². The number of ether oxygens (including phenoxy) is 1. The van der Waals surface area contributed by atoms with Crippen molar-refractivity contribution in [2.24, 2.45) is 5.92 Å². The van der Waals surface area contributed by atoms with Gasteiger partial charge in [0, 0.05) is 18.9 Å². The Kier molecular flexibility index (Phi) is 3.77. The lowest BCUT2D eigenvalue weighted by molar-refractivity contribution is -0.0134. The van der Waals surface area contributed by atoms with Crippen LogP contribution in [0.4, 0.5) is 0 Å². The van der Waals surface area contributed by atoms with Crippen LogP contribution in [-0.2, 0) is 4.74 Å². The molecule has 1 heterocycles. The second-order valence-electron chi connectivity index (χ2n) is 3.98. The van der Waals surface area contributed by atoms with Crippen molar-refractivity contribution in [2.45, 2.75) is 38.2 Å². The molecule has 1 aliphatic rings. The molecule has 74 valence electrons. The molecule has 0 aromatic heterocycles. The average Bonchev–Trinajstić information content (AvgIpc) is 2.56. The number of hydrogen-bond acceptors (Lipinski definition) is 2. The van der Waals surface area contributed by atoms with Gasteiger partial charge in [-0.25, -0.2) is 0 Å². The SMILES string of the molecule is C#CCCCC(C)(O)C1CCOC1. The second-order valence-corrected chi connectivity index (χ2v) is 3.98. The summed E-state index contributed by atoms with van der Waals surface area (Å²) in [6.45, 7) is 3.38. The molecule has 0 radical (unpaired) electrons. The molecule has 0 aliphatic carbocycles. The van der Waals surface area contributed by atoms with Crippen LogP contribution >= 0.6 is 0 Å². The average molecular weight is 182 g/mol. The molecule has 1 fully saturated rings. The molecule has 2 atom stereocenters. The van der Waals surface area contributed by atoms with Gasteiger partial charge in [0.15, 0.2) is 0 Å². The molecular weight excluding hydrogens is 164 g/mol. The first-order chi connectivity index (χ1) is 6.17. The molecule has 2 unspecified atom stereocenters.